The Labute approximate surface area is 184 Å². The van der Waals surface area contributed by atoms with Gasteiger partial charge in [-0.1, -0.05) is 34.1 Å². The molecule has 0 atom stereocenters. The van der Waals surface area contributed by atoms with E-state index in [9.17, 15) is 14.4 Å². The first kappa shape index (κ1) is 20.8. The second kappa shape index (κ2) is 8.63. The predicted molar refractivity (Wildman–Crippen MR) is 120 cm³/mol. The van der Waals surface area contributed by atoms with Crippen molar-refractivity contribution in [1.82, 2.24) is 4.90 Å². The lowest BCUT2D eigenvalue weighted by molar-refractivity contribution is -0.122. The highest BCUT2D eigenvalue weighted by Crippen LogP contribution is 2.34. The highest BCUT2D eigenvalue weighted by Gasteiger charge is 2.36. The summed E-state index contributed by atoms with van der Waals surface area (Å²) in [6.45, 7) is -0.271. The van der Waals surface area contributed by atoms with Crippen LogP contribution in [0.4, 0.5) is 10.5 Å². The lowest BCUT2D eigenvalue weighted by Crippen LogP contribution is -2.33. The maximum atomic E-state index is 12.6. The van der Waals surface area contributed by atoms with Gasteiger partial charge in [0.25, 0.3) is 11.1 Å². The van der Waals surface area contributed by atoms with Gasteiger partial charge in [0, 0.05) is 28.6 Å². The minimum absolute atomic E-state index is 0.271. The first-order chi connectivity index (χ1) is 13.3. The molecule has 0 N–H and O–H groups in total. The zero-order valence-electron chi connectivity index (χ0n) is 15.1. The van der Waals surface area contributed by atoms with E-state index < -0.39 is 11.1 Å². The van der Waals surface area contributed by atoms with Gasteiger partial charge in [0.1, 0.15) is 0 Å². The van der Waals surface area contributed by atoms with Crippen LogP contribution in [0.5, 0.6) is 0 Å². The van der Waals surface area contributed by atoms with Crippen LogP contribution >= 0.6 is 43.6 Å². The average molecular weight is 524 g/mol. The van der Waals surface area contributed by atoms with Crippen molar-refractivity contribution in [2.75, 3.05) is 25.5 Å². The van der Waals surface area contributed by atoms with Crippen LogP contribution < -0.4 is 4.90 Å². The number of hydrogen-bond donors (Lipinski definition) is 0. The van der Waals surface area contributed by atoms with Crippen LogP contribution in [0.15, 0.2) is 56.3 Å². The van der Waals surface area contributed by atoms with E-state index in [-0.39, 0.29) is 12.3 Å². The first-order valence-electron chi connectivity index (χ1n) is 8.27. The van der Waals surface area contributed by atoms with Gasteiger partial charge in [0.15, 0.2) is 5.78 Å². The molecule has 3 rings (SSSR count). The fourth-order valence-electron chi connectivity index (χ4n) is 2.63. The smallest absolute Gasteiger partial charge is 0.293 e. The topological polar surface area (TPSA) is 57.7 Å². The number of nitrogens with zero attached hydrogens (tertiary/aromatic N) is 2. The molecule has 28 heavy (non-hydrogen) atoms. The summed E-state index contributed by atoms with van der Waals surface area (Å²) in [5, 5.41) is -0.439. The van der Waals surface area contributed by atoms with Crippen molar-refractivity contribution in [1.29, 1.82) is 0 Å². The molecule has 1 fully saturated rings. The Balaban J connectivity index is 1.77. The summed E-state index contributed by atoms with van der Waals surface area (Å²) in [7, 11) is 3.88. The van der Waals surface area contributed by atoms with Gasteiger partial charge in [-0.3, -0.25) is 19.3 Å². The molecule has 2 amide bonds. The third-order valence-electron chi connectivity index (χ3n) is 4.09. The maximum absolute atomic E-state index is 12.6. The van der Waals surface area contributed by atoms with Gasteiger partial charge in [0.05, 0.1) is 17.1 Å². The number of anilines is 1. The van der Waals surface area contributed by atoms with Crippen LogP contribution in [0.1, 0.15) is 15.9 Å². The molecule has 0 aliphatic carbocycles. The minimum Gasteiger partial charge on any atom is -0.377 e. The van der Waals surface area contributed by atoms with Crippen molar-refractivity contribution in [2.45, 2.75) is 0 Å². The number of amides is 2. The Morgan fingerprint density at radius 1 is 1.11 bits per heavy atom. The molecule has 1 heterocycles. The molecule has 1 aliphatic heterocycles. The standard InChI is InChI=1S/C20H16Br2N2O3S/c1-23(2)16-8-3-12(9-15(16)22)10-18-19(26)24(20(27)28-18)11-17(25)13-4-6-14(21)7-5-13/h3-10H,11H2,1-2H3/b18-10-. The summed E-state index contributed by atoms with van der Waals surface area (Å²) in [5.74, 6) is -0.734. The van der Waals surface area contributed by atoms with E-state index in [1.54, 1.807) is 30.3 Å². The second-order valence-electron chi connectivity index (χ2n) is 6.30. The molecule has 2 aromatic carbocycles. The molecule has 144 valence electrons. The fourth-order valence-corrected chi connectivity index (χ4v) is 4.49. The van der Waals surface area contributed by atoms with E-state index in [0.29, 0.717) is 10.5 Å². The van der Waals surface area contributed by atoms with Crippen LogP contribution in [-0.4, -0.2) is 42.5 Å². The number of imide groups is 1. The molecule has 0 spiro atoms. The van der Waals surface area contributed by atoms with E-state index in [1.807, 2.05) is 37.2 Å². The summed E-state index contributed by atoms with van der Waals surface area (Å²) in [6, 6.07) is 12.5. The summed E-state index contributed by atoms with van der Waals surface area (Å²) in [4.78, 5) is 40.6. The van der Waals surface area contributed by atoms with E-state index in [1.165, 1.54) is 0 Å². The summed E-state index contributed by atoms with van der Waals surface area (Å²) >= 11 is 7.67. The van der Waals surface area contributed by atoms with Crippen molar-refractivity contribution >= 4 is 72.3 Å². The van der Waals surface area contributed by atoms with Crippen molar-refractivity contribution < 1.29 is 14.4 Å². The van der Waals surface area contributed by atoms with Gasteiger partial charge in [-0.2, -0.15) is 0 Å². The number of carbonyl (C=O) groups excluding carboxylic acids is 3. The summed E-state index contributed by atoms with van der Waals surface area (Å²) in [5.41, 5.74) is 2.25. The lowest BCUT2D eigenvalue weighted by atomic mass is 10.1. The van der Waals surface area contributed by atoms with Crippen molar-refractivity contribution in [3.63, 3.8) is 0 Å². The number of carbonyl (C=O) groups is 3. The molecule has 8 heteroatoms. The van der Waals surface area contributed by atoms with Crippen molar-refractivity contribution in [2.24, 2.45) is 0 Å². The van der Waals surface area contributed by atoms with E-state index in [4.69, 9.17) is 0 Å². The number of hydrogen-bond acceptors (Lipinski definition) is 5. The Morgan fingerprint density at radius 2 is 1.79 bits per heavy atom. The highest BCUT2D eigenvalue weighted by atomic mass is 79.9. The molecule has 1 aliphatic rings. The van der Waals surface area contributed by atoms with Crippen LogP contribution in [0, 0.1) is 0 Å². The molecular weight excluding hydrogens is 508 g/mol. The molecule has 1 saturated heterocycles. The predicted octanol–water partition coefficient (Wildman–Crippen LogP) is 5.20. The van der Waals surface area contributed by atoms with Crippen LogP contribution in [-0.2, 0) is 4.79 Å². The fraction of sp³-hybridized carbons (Fsp3) is 0.150. The zero-order chi connectivity index (χ0) is 20.4. The van der Waals surface area contributed by atoms with Crippen LogP contribution in [0.25, 0.3) is 6.08 Å². The second-order valence-corrected chi connectivity index (χ2v) is 9.07. The van der Waals surface area contributed by atoms with Crippen LogP contribution in [0.2, 0.25) is 0 Å². The first-order valence-corrected chi connectivity index (χ1v) is 10.7. The monoisotopic (exact) mass is 522 g/mol. The number of thioether (sulfide) groups is 1. The molecule has 5 nitrogen and oxygen atoms in total. The minimum atomic E-state index is -0.451. The number of Topliss-reactive ketones (excluding diaryl/α,β-unsaturated/α-hetero) is 1. The highest BCUT2D eigenvalue weighted by molar-refractivity contribution is 9.10. The Bertz CT molecular complexity index is 987. The third kappa shape index (κ3) is 4.56. The summed E-state index contributed by atoms with van der Waals surface area (Å²) < 4.78 is 1.74. The molecule has 0 radical (unpaired) electrons. The quantitative estimate of drug-likeness (QED) is 0.398. The summed E-state index contributed by atoms with van der Waals surface area (Å²) in [6.07, 6.45) is 1.67. The van der Waals surface area contributed by atoms with E-state index in [0.717, 1.165) is 36.9 Å². The lowest BCUT2D eigenvalue weighted by Gasteiger charge is -2.14. The number of halogens is 2. The molecule has 0 aromatic heterocycles. The van der Waals surface area contributed by atoms with Gasteiger partial charge in [0.2, 0.25) is 0 Å². The number of ketones is 1. The Hall–Kier alpha value is -1.90. The molecule has 2 aromatic rings. The molecule has 0 saturated carbocycles. The zero-order valence-corrected chi connectivity index (χ0v) is 19.1. The van der Waals surface area contributed by atoms with Crippen molar-refractivity contribution in [3.8, 4) is 0 Å². The largest absolute Gasteiger partial charge is 0.377 e. The van der Waals surface area contributed by atoms with Gasteiger partial charge in [-0.25, -0.2) is 0 Å². The van der Waals surface area contributed by atoms with Gasteiger partial charge in [-0.05, 0) is 63.6 Å². The van der Waals surface area contributed by atoms with E-state index >= 15 is 0 Å². The van der Waals surface area contributed by atoms with Crippen molar-refractivity contribution in [3.05, 3.63) is 67.4 Å². The Kier molecular flexibility index (Phi) is 6.42. The van der Waals surface area contributed by atoms with Gasteiger partial charge >= 0.3 is 0 Å². The number of rotatable bonds is 5. The van der Waals surface area contributed by atoms with Crippen LogP contribution in [0.3, 0.4) is 0 Å². The molecule has 0 unspecified atom stereocenters. The molecular formula is C20H16Br2N2O3S. The maximum Gasteiger partial charge on any atom is 0.293 e. The Morgan fingerprint density at radius 3 is 2.39 bits per heavy atom. The number of benzene rings is 2. The van der Waals surface area contributed by atoms with E-state index in [2.05, 4.69) is 31.9 Å². The SMILES string of the molecule is CN(C)c1ccc(/C=C2\SC(=O)N(CC(=O)c3ccc(Br)cc3)C2=O)cc1Br. The third-order valence-corrected chi connectivity index (χ3v) is 6.16. The average Bonchev–Trinajstić information content (AvgIpc) is 2.89. The van der Waals surface area contributed by atoms with Gasteiger partial charge in [-0.15, -0.1) is 0 Å². The van der Waals surface area contributed by atoms with Gasteiger partial charge < -0.3 is 4.90 Å². The molecule has 0 bridgehead atoms. The normalized spacial score (nSPS) is 15.4.